The Hall–Kier alpha value is -1.11. The summed E-state index contributed by atoms with van der Waals surface area (Å²) in [7, 11) is -3.34. The van der Waals surface area contributed by atoms with E-state index in [9.17, 15) is 8.42 Å². The SMILES string of the molecule is Nc1ccc(CS(=O)(=O)NC2CCOC2C2CC2)cc1. The Bertz CT molecular complexity index is 567. The van der Waals surface area contributed by atoms with Crippen LogP contribution in [0.2, 0.25) is 0 Å². The van der Waals surface area contributed by atoms with Crippen LogP contribution in [0.5, 0.6) is 0 Å². The van der Waals surface area contributed by atoms with Crippen LogP contribution in [0.3, 0.4) is 0 Å². The average molecular weight is 296 g/mol. The van der Waals surface area contributed by atoms with Gasteiger partial charge in [-0.1, -0.05) is 12.1 Å². The first-order valence-corrected chi connectivity index (χ1v) is 8.65. The van der Waals surface area contributed by atoms with Gasteiger partial charge in [0.15, 0.2) is 0 Å². The summed E-state index contributed by atoms with van der Waals surface area (Å²) in [5.74, 6) is 0.531. The van der Waals surface area contributed by atoms with E-state index in [4.69, 9.17) is 10.5 Å². The van der Waals surface area contributed by atoms with Gasteiger partial charge in [0.2, 0.25) is 10.0 Å². The minimum absolute atomic E-state index is 0.0127. The summed E-state index contributed by atoms with van der Waals surface area (Å²) in [6.45, 7) is 0.649. The standard InChI is InChI=1S/C14H20N2O3S/c15-12-5-1-10(2-6-12)9-20(17,18)16-13-7-8-19-14(13)11-3-4-11/h1-2,5-6,11,13-14,16H,3-4,7-9,15H2. The molecule has 20 heavy (non-hydrogen) atoms. The Labute approximate surface area is 119 Å². The van der Waals surface area contributed by atoms with Crippen molar-refractivity contribution < 1.29 is 13.2 Å². The third-order valence-corrected chi connectivity index (χ3v) is 5.26. The van der Waals surface area contributed by atoms with Crippen molar-refractivity contribution in [3.05, 3.63) is 29.8 Å². The Kier molecular flexibility index (Phi) is 3.70. The lowest BCUT2D eigenvalue weighted by molar-refractivity contribution is 0.0848. The quantitative estimate of drug-likeness (QED) is 0.801. The molecule has 0 bridgehead atoms. The Morgan fingerprint density at radius 1 is 1.20 bits per heavy atom. The molecule has 2 atom stereocenters. The largest absolute Gasteiger partial charge is 0.399 e. The van der Waals surface area contributed by atoms with Crippen molar-refractivity contribution in [2.24, 2.45) is 5.92 Å². The molecular formula is C14H20N2O3S. The molecule has 2 unspecified atom stereocenters. The van der Waals surface area contributed by atoms with E-state index in [0.29, 0.717) is 18.2 Å². The summed E-state index contributed by atoms with van der Waals surface area (Å²) in [4.78, 5) is 0. The van der Waals surface area contributed by atoms with Crippen LogP contribution in [0.25, 0.3) is 0 Å². The highest BCUT2D eigenvalue weighted by Gasteiger charge is 2.41. The van der Waals surface area contributed by atoms with Crippen LogP contribution >= 0.6 is 0 Å². The first kappa shape index (κ1) is 13.9. The van der Waals surface area contributed by atoms with Gasteiger partial charge in [-0.3, -0.25) is 0 Å². The van der Waals surface area contributed by atoms with Gasteiger partial charge in [0, 0.05) is 12.3 Å². The molecule has 1 aromatic carbocycles. The third kappa shape index (κ3) is 3.31. The van der Waals surface area contributed by atoms with E-state index in [-0.39, 0.29) is 17.9 Å². The lowest BCUT2D eigenvalue weighted by Crippen LogP contribution is -2.41. The highest BCUT2D eigenvalue weighted by Crippen LogP contribution is 2.38. The Morgan fingerprint density at radius 2 is 1.90 bits per heavy atom. The molecule has 0 amide bonds. The lowest BCUT2D eigenvalue weighted by Gasteiger charge is -2.19. The van der Waals surface area contributed by atoms with E-state index in [1.165, 1.54) is 0 Å². The molecule has 0 radical (unpaired) electrons. The van der Waals surface area contributed by atoms with E-state index in [1.54, 1.807) is 24.3 Å². The smallest absolute Gasteiger partial charge is 0.216 e. The van der Waals surface area contributed by atoms with Crippen LogP contribution in [0, 0.1) is 5.92 Å². The number of rotatable bonds is 5. The molecule has 0 aromatic heterocycles. The van der Waals surface area contributed by atoms with Crippen molar-refractivity contribution >= 4 is 15.7 Å². The topological polar surface area (TPSA) is 81.4 Å². The van der Waals surface area contributed by atoms with E-state index in [0.717, 1.165) is 24.8 Å². The maximum Gasteiger partial charge on any atom is 0.216 e. The second kappa shape index (κ2) is 5.35. The van der Waals surface area contributed by atoms with Crippen molar-refractivity contribution in [2.45, 2.75) is 37.2 Å². The van der Waals surface area contributed by atoms with Gasteiger partial charge in [-0.15, -0.1) is 0 Å². The van der Waals surface area contributed by atoms with Crippen LogP contribution in [0.4, 0.5) is 5.69 Å². The predicted molar refractivity (Wildman–Crippen MR) is 77.5 cm³/mol. The second-order valence-electron chi connectivity index (χ2n) is 5.69. The number of sulfonamides is 1. The van der Waals surface area contributed by atoms with Crippen LogP contribution in [-0.2, 0) is 20.5 Å². The number of anilines is 1. The molecule has 0 spiro atoms. The first-order valence-electron chi connectivity index (χ1n) is 6.99. The maximum absolute atomic E-state index is 12.2. The molecule has 1 aliphatic carbocycles. The van der Waals surface area contributed by atoms with Crippen molar-refractivity contribution in [2.75, 3.05) is 12.3 Å². The molecule has 2 aliphatic rings. The number of nitrogens with two attached hydrogens (primary N) is 1. The molecule has 1 aliphatic heterocycles. The number of nitrogens with one attached hydrogen (secondary N) is 1. The van der Waals surface area contributed by atoms with Gasteiger partial charge >= 0.3 is 0 Å². The lowest BCUT2D eigenvalue weighted by atomic mass is 10.1. The Balaban J connectivity index is 1.64. The summed E-state index contributed by atoms with van der Waals surface area (Å²) in [6.07, 6.45) is 3.14. The molecule has 5 nitrogen and oxygen atoms in total. The monoisotopic (exact) mass is 296 g/mol. The average Bonchev–Trinajstić information content (AvgIpc) is 3.13. The van der Waals surface area contributed by atoms with Crippen LogP contribution in [0.15, 0.2) is 24.3 Å². The first-order chi connectivity index (χ1) is 9.53. The van der Waals surface area contributed by atoms with E-state index >= 15 is 0 Å². The summed E-state index contributed by atoms with van der Waals surface area (Å²) in [5.41, 5.74) is 6.98. The van der Waals surface area contributed by atoms with E-state index in [1.807, 2.05) is 0 Å². The highest BCUT2D eigenvalue weighted by atomic mass is 32.2. The van der Waals surface area contributed by atoms with Gasteiger partial charge in [0.1, 0.15) is 0 Å². The zero-order chi connectivity index (χ0) is 14.2. The summed E-state index contributed by atoms with van der Waals surface area (Å²) < 4.78 is 32.9. The molecule has 2 fully saturated rings. The van der Waals surface area contributed by atoms with Crippen molar-refractivity contribution in [1.82, 2.24) is 4.72 Å². The summed E-state index contributed by atoms with van der Waals surface area (Å²) in [6, 6.07) is 6.87. The third-order valence-electron chi connectivity index (χ3n) is 3.89. The molecule has 110 valence electrons. The molecule has 3 N–H and O–H groups in total. The van der Waals surface area contributed by atoms with Crippen molar-refractivity contribution in [3.63, 3.8) is 0 Å². The molecule has 1 heterocycles. The van der Waals surface area contributed by atoms with Gasteiger partial charge in [-0.05, 0) is 42.9 Å². The number of ether oxygens (including phenoxy) is 1. The van der Waals surface area contributed by atoms with E-state index in [2.05, 4.69) is 4.72 Å². The number of benzene rings is 1. The van der Waals surface area contributed by atoms with Crippen molar-refractivity contribution in [3.8, 4) is 0 Å². The maximum atomic E-state index is 12.2. The minimum atomic E-state index is -3.34. The summed E-state index contributed by atoms with van der Waals surface area (Å²) >= 11 is 0. The normalized spacial score (nSPS) is 26.8. The predicted octanol–water partition coefficient (Wildman–Crippen LogP) is 1.26. The molecule has 3 rings (SSSR count). The molecule has 1 saturated carbocycles. The Morgan fingerprint density at radius 3 is 2.55 bits per heavy atom. The van der Waals surface area contributed by atoms with Crippen LogP contribution in [-0.4, -0.2) is 27.2 Å². The zero-order valence-electron chi connectivity index (χ0n) is 11.3. The van der Waals surface area contributed by atoms with Gasteiger partial charge in [-0.25, -0.2) is 13.1 Å². The van der Waals surface area contributed by atoms with Gasteiger partial charge in [0.25, 0.3) is 0 Å². The van der Waals surface area contributed by atoms with Crippen LogP contribution < -0.4 is 10.5 Å². The summed E-state index contributed by atoms with van der Waals surface area (Å²) in [5, 5.41) is 0. The fourth-order valence-electron chi connectivity index (χ4n) is 2.73. The van der Waals surface area contributed by atoms with Gasteiger partial charge in [-0.2, -0.15) is 0 Å². The second-order valence-corrected chi connectivity index (χ2v) is 7.44. The zero-order valence-corrected chi connectivity index (χ0v) is 12.1. The fourth-order valence-corrected chi connectivity index (χ4v) is 4.16. The number of nitrogen functional groups attached to an aromatic ring is 1. The fraction of sp³-hybridized carbons (Fsp3) is 0.571. The molecule has 6 heteroatoms. The van der Waals surface area contributed by atoms with Crippen LogP contribution in [0.1, 0.15) is 24.8 Å². The molecule has 1 aromatic rings. The number of hydrogen-bond acceptors (Lipinski definition) is 4. The highest BCUT2D eigenvalue weighted by molar-refractivity contribution is 7.88. The van der Waals surface area contributed by atoms with Gasteiger partial charge in [0.05, 0.1) is 17.9 Å². The molecule has 1 saturated heterocycles. The number of hydrogen-bond donors (Lipinski definition) is 2. The van der Waals surface area contributed by atoms with Gasteiger partial charge < -0.3 is 10.5 Å². The van der Waals surface area contributed by atoms with E-state index < -0.39 is 10.0 Å². The van der Waals surface area contributed by atoms with Crippen molar-refractivity contribution in [1.29, 1.82) is 0 Å². The minimum Gasteiger partial charge on any atom is -0.399 e. The molecular weight excluding hydrogens is 276 g/mol.